The molecule has 0 unspecified atom stereocenters. The van der Waals surface area contributed by atoms with E-state index in [2.05, 4.69) is 27.0 Å². The van der Waals surface area contributed by atoms with Gasteiger partial charge in [-0.05, 0) is 56.3 Å². The van der Waals surface area contributed by atoms with Crippen molar-refractivity contribution in [2.45, 2.75) is 25.4 Å². The maximum atomic E-state index is 13.6. The van der Waals surface area contributed by atoms with Crippen LogP contribution in [0.2, 0.25) is 0 Å². The van der Waals surface area contributed by atoms with Crippen LogP contribution in [0, 0.1) is 17.7 Å². The molecule has 0 aliphatic carbocycles. The molecule has 1 fully saturated rings. The molecule has 4 rings (SSSR count). The van der Waals surface area contributed by atoms with E-state index in [4.69, 9.17) is 0 Å². The monoisotopic (exact) mass is 440 g/mol. The largest absolute Gasteiger partial charge is 0.304 e. The number of fused-ring (bicyclic) bond motifs is 1. The van der Waals surface area contributed by atoms with Crippen molar-refractivity contribution in [2.24, 2.45) is 0 Å². The highest BCUT2D eigenvalue weighted by Gasteiger charge is 2.18. The summed E-state index contributed by atoms with van der Waals surface area (Å²) in [5.41, 5.74) is 2.03. The van der Waals surface area contributed by atoms with E-state index in [1.807, 2.05) is 30.3 Å². The minimum atomic E-state index is -0.356. The van der Waals surface area contributed by atoms with Gasteiger partial charge in [0.25, 0.3) is 5.56 Å². The number of hydrogen-bond acceptors (Lipinski definition) is 4. The first-order chi connectivity index (χ1) is 14.7. The van der Waals surface area contributed by atoms with Gasteiger partial charge in [-0.2, -0.15) is 0 Å². The Kier molecular flexibility index (Phi) is 8.19. The number of nitrogens with zero attached hydrogens (tertiary/aromatic N) is 3. The van der Waals surface area contributed by atoms with Gasteiger partial charge in [0.1, 0.15) is 5.82 Å². The summed E-state index contributed by atoms with van der Waals surface area (Å²) in [6.45, 7) is 3.91. The van der Waals surface area contributed by atoms with Crippen LogP contribution in [-0.4, -0.2) is 46.7 Å². The first-order valence-corrected chi connectivity index (χ1v) is 10.3. The Morgan fingerprint density at radius 1 is 1.10 bits per heavy atom. The molecule has 0 bridgehead atoms. The number of aromatic nitrogens is 2. The normalized spacial score (nSPS) is 14.6. The molecule has 162 valence electrons. The van der Waals surface area contributed by atoms with Crippen molar-refractivity contribution in [3.63, 3.8) is 0 Å². The van der Waals surface area contributed by atoms with Gasteiger partial charge in [0, 0.05) is 24.7 Å². The maximum absolute atomic E-state index is 13.6. The summed E-state index contributed by atoms with van der Waals surface area (Å²) in [6, 6.07) is 14.8. The van der Waals surface area contributed by atoms with Crippen LogP contribution in [0.4, 0.5) is 4.39 Å². The van der Waals surface area contributed by atoms with E-state index in [0.717, 1.165) is 38.0 Å². The van der Waals surface area contributed by atoms with E-state index in [1.54, 1.807) is 10.6 Å². The molecule has 2 aromatic carbocycles. The van der Waals surface area contributed by atoms with Gasteiger partial charge in [-0.3, -0.25) is 4.79 Å². The van der Waals surface area contributed by atoms with Crippen LogP contribution in [0.5, 0.6) is 0 Å². The molecule has 0 amide bonds. The molecule has 2 heterocycles. The number of benzene rings is 2. The van der Waals surface area contributed by atoms with Crippen LogP contribution < -0.4 is 10.9 Å². The second-order valence-electron chi connectivity index (χ2n) is 7.55. The number of halogens is 2. The second kappa shape index (κ2) is 11.1. The van der Waals surface area contributed by atoms with Crippen molar-refractivity contribution < 1.29 is 4.39 Å². The molecule has 5 nitrogen and oxygen atoms in total. The Morgan fingerprint density at radius 3 is 2.65 bits per heavy atom. The number of piperidine rings is 1. The van der Waals surface area contributed by atoms with Gasteiger partial charge in [-0.15, -0.1) is 12.4 Å². The summed E-state index contributed by atoms with van der Waals surface area (Å²) < 4.78 is 15.3. The zero-order chi connectivity index (χ0) is 20.8. The van der Waals surface area contributed by atoms with Gasteiger partial charge >= 0.3 is 0 Å². The minimum Gasteiger partial charge on any atom is -0.304 e. The van der Waals surface area contributed by atoms with Crippen LogP contribution in [-0.2, 0) is 6.54 Å². The van der Waals surface area contributed by atoms with Crippen LogP contribution in [0.25, 0.3) is 11.0 Å². The average Bonchev–Trinajstić information content (AvgIpc) is 2.77. The quantitative estimate of drug-likeness (QED) is 0.619. The standard InChI is InChI=1S/C24H25FN4O.ClH/c25-20-8-9-22-23(17-20)29(24(30)18-27-22)16-15-28-13-10-21(11-14-28)26-12-4-7-19-5-2-1-3-6-19;/h1-3,5-6,8-9,17-18,21,26H,10-16H2;1H. The zero-order valence-corrected chi connectivity index (χ0v) is 18.1. The summed E-state index contributed by atoms with van der Waals surface area (Å²) in [5.74, 6) is 6.00. The van der Waals surface area contributed by atoms with Crippen molar-refractivity contribution in [2.75, 3.05) is 26.2 Å². The molecule has 31 heavy (non-hydrogen) atoms. The van der Waals surface area contributed by atoms with Gasteiger partial charge in [0.15, 0.2) is 0 Å². The van der Waals surface area contributed by atoms with Gasteiger partial charge in [-0.1, -0.05) is 30.0 Å². The summed E-state index contributed by atoms with van der Waals surface area (Å²) in [6.07, 6.45) is 3.41. The molecular formula is C24H26ClFN4O. The highest BCUT2D eigenvalue weighted by Crippen LogP contribution is 2.13. The molecule has 0 saturated carbocycles. The average molecular weight is 441 g/mol. The molecular weight excluding hydrogens is 415 g/mol. The predicted octanol–water partition coefficient (Wildman–Crippen LogP) is 3.06. The highest BCUT2D eigenvalue weighted by atomic mass is 35.5. The predicted molar refractivity (Wildman–Crippen MR) is 124 cm³/mol. The van der Waals surface area contributed by atoms with Crippen molar-refractivity contribution in [1.82, 2.24) is 19.8 Å². The lowest BCUT2D eigenvalue weighted by molar-refractivity contribution is 0.194. The SMILES string of the molecule is Cl.O=c1cnc2ccc(F)cc2n1CCN1CCC(NCC#Cc2ccccc2)CC1. The molecule has 0 spiro atoms. The molecule has 0 radical (unpaired) electrons. The smallest absolute Gasteiger partial charge is 0.269 e. The molecule has 1 aliphatic rings. The van der Waals surface area contributed by atoms with Crippen molar-refractivity contribution in [1.29, 1.82) is 0 Å². The summed E-state index contributed by atoms with van der Waals surface area (Å²) in [4.78, 5) is 18.7. The van der Waals surface area contributed by atoms with E-state index in [-0.39, 0.29) is 23.8 Å². The molecule has 7 heteroatoms. The summed E-state index contributed by atoms with van der Waals surface area (Å²) >= 11 is 0. The van der Waals surface area contributed by atoms with Crippen molar-refractivity contribution in [3.05, 3.63) is 76.5 Å². The highest BCUT2D eigenvalue weighted by molar-refractivity contribution is 5.85. The van der Waals surface area contributed by atoms with Crippen molar-refractivity contribution in [3.8, 4) is 11.8 Å². The molecule has 3 aromatic rings. The van der Waals surface area contributed by atoms with Crippen LogP contribution >= 0.6 is 12.4 Å². The van der Waals surface area contributed by atoms with E-state index in [0.29, 0.717) is 30.2 Å². The fraction of sp³-hybridized carbons (Fsp3) is 0.333. The lowest BCUT2D eigenvalue weighted by Crippen LogP contribution is -2.44. The van der Waals surface area contributed by atoms with E-state index >= 15 is 0 Å². The van der Waals surface area contributed by atoms with Crippen LogP contribution in [0.15, 0.2) is 59.5 Å². The Hall–Kier alpha value is -2.72. The summed E-state index contributed by atoms with van der Waals surface area (Å²) in [5, 5.41) is 3.52. The van der Waals surface area contributed by atoms with Gasteiger partial charge in [0.2, 0.25) is 0 Å². The Bertz CT molecular complexity index is 1120. The Morgan fingerprint density at radius 2 is 1.87 bits per heavy atom. The molecule has 1 saturated heterocycles. The fourth-order valence-corrected chi connectivity index (χ4v) is 3.83. The molecule has 1 aliphatic heterocycles. The minimum absolute atomic E-state index is 0. The Balaban J connectivity index is 0.00000272. The molecule has 1 aromatic heterocycles. The second-order valence-corrected chi connectivity index (χ2v) is 7.55. The lowest BCUT2D eigenvalue weighted by Gasteiger charge is -2.32. The molecule has 1 N–H and O–H groups in total. The van der Waals surface area contributed by atoms with Crippen molar-refractivity contribution >= 4 is 23.4 Å². The first-order valence-electron chi connectivity index (χ1n) is 10.3. The first kappa shape index (κ1) is 23.0. The third-order valence-corrected chi connectivity index (χ3v) is 5.52. The van der Waals surface area contributed by atoms with E-state index < -0.39 is 0 Å². The summed E-state index contributed by atoms with van der Waals surface area (Å²) in [7, 11) is 0. The number of hydrogen-bond donors (Lipinski definition) is 1. The van der Waals surface area contributed by atoms with Gasteiger partial charge < -0.3 is 14.8 Å². The lowest BCUT2D eigenvalue weighted by atomic mass is 10.1. The van der Waals surface area contributed by atoms with E-state index in [9.17, 15) is 9.18 Å². The zero-order valence-electron chi connectivity index (χ0n) is 17.3. The van der Waals surface area contributed by atoms with E-state index in [1.165, 1.54) is 18.3 Å². The number of nitrogens with one attached hydrogen (secondary N) is 1. The maximum Gasteiger partial charge on any atom is 0.269 e. The molecule has 0 atom stereocenters. The topological polar surface area (TPSA) is 50.2 Å². The van der Waals surface area contributed by atoms with Gasteiger partial charge in [0.05, 0.1) is 23.8 Å². The van der Waals surface area contributed by atoms with Gasteiger partial charge in [-0.25, -0.2) is 9.37 Å². The van der Waals surface area contributed by atoms with Crippen LogP contribution in [0.3, 0.4) is 0 Å². The Labute approximate surface area is 187 Å². The number of likely N-dealkylation sites (tertiary alicyclic amines) is 1. The number of rotatable bonds is 5. The fourth-order valence-electron chi connectivity index (χ4n) is 3.83. The van der Waals surface area contributed by atoms with Crippen LogP contribution in [0.1, 0.15) is 18.4 Å². The third kappa shape index (κ3) is 6.14. The third-order valence-electron chi connectivity index (χ3n) is 5.52.